The normalized spacial score (nSPS) is 11.3. The van der Waals surface area contributed by atoms with Crippen LogP contribution in [-0.4, -0.2) is 38.0 Å². The lowest BCUT2D eigenvalue weighted by molar-refractivity contribution is -0.116. The number of nitrogens with zero attached hydrogens (tertiary/aromatic N) is 2. The summed E-state index contributed by atoms with van der Waals surface area (Å²) in [4.78, 5) is 28.4. The van der Waals surface area contributed by atoms with E-state index in [0.717, 1.165) is 0 Å². The maximum atomic E-state index is 12.2. The van der Waals surface area contributed by atoms with Crippen LogP contribution in [0.1, 0.15) is 11.1 Å². The van der Waals surface area contributed by atoms with Crippen molar-refractivity contribution in [3.05, 3.63) is 129 Å². The SMILES string of the molecule is NS(=O)(=O)c1cc(NC(=O)Cc2ccccc2Cl)ccc1-c1cnsc1.NS(=O)(=O)c1cc(NC(=O)Cc2ccccc2Cl)ccc1-c1nccs1. The number of amides is 2. The maximum Gasteiger partial charge on any atom is 0.238 e. The molecule has 0 saturated carbocycles. The molecule has 268 valence electrons. The number of carbonyl (C=O) groups is 2. The lowest BCUT2D eigenvalue weighted by atomic mass is 10.1. The van der Waals surface area contributed by atoms with Gasteiger partial charge in [-0.05, 0) is 65.1 Å². The molecule has 52 heavy (non-hydrogen) atoms. The molecule has 0 spiro atoms. The van der Waals surface area contributed by atoms with Gasteiger partial charge in [0.25, 0.3) is 0 Å². The van der Waals surface area contributed by atoms with Crippen LogP contribution in [0.25, 0.3) is 21.7 Å². The first kappa shape index (κ1) is 38.7. The highest BCUT2D eigenvalue weighted by Gasteiger charge is 2.20. The standard InChI is InChI=1S/2C17H14ClN3O3S2/c18-15-4-2-1-3-11(15)7-17(22)21-13-5-6-14(12-9-20-25-10-12)16(8-13)26(19,23)24;18-14-4-2-1-3-11(14)9-16(22)21-12-5-6-13(17-20-7-8-25-17)15(10-12)26(19,23)24/h1-6,8-10H,7H2,(H,21,22)(H2,19,23,24);1-8,10H,9H2,(H,21,22)(H2,19,23,24). The van der Waals surface area contributed by atoms with Crippen LogP contribution in [0.3, 0.4) is 0 Å². The van der Waals surface area contributed by atoms with Crippen LogP contribution in [0.15, 0.2) is 118 Å². The van der Waals surface area contributed by atoms with Crippen LogP contribution >= 0.6 is 46.1 Å². The van der Waals surface area contributed by atoms with Gasteiger partial charge in [0.15, 0.2) is 0 Å². The molecule has 0 aliphatic heterocycles. The predicted octanol–water partition coefficient (Wildman–Crippen LogP) is 6.58. The van der Waals surface area contributed by atoms with Crippen LogP contribution in [0, 0.1) is 0 Å². The van der Waals surface area contributed by atoms with Crippen molar-refractivity contribution < 1.29 is 26.4 Å². The molecule has 2 heterocycles. The van der Waals surface area contributed by atoms with Gasteiger partial charge < -0.3 is 10.6 Å². The summed E-state index contributed by atoms with van der Waals surface area (Å²) >= 11 is 14.6. The molecule has 0 aliphatic carbocycles. The average molecular weight is 816 g/mol. The zero-order valence-corrected chi connectivity index (χ0v) is 31.5. The fourth-order valence-electron chi connectivity index (χ4n) is 4.82. The molecule has 0 bridgehead atoms. The van der Waals surface area contributed by atoms with Gasteiger partial charge >= 0.3 is 0 Å². The Kier molecular flexibility index (Phi) is 12.6. The van der Waals surface area contributed by atoms with Crippen molar-refractivity contribution in [2.45, 2.75) is 22.6 Å². The summed E-state index contributed by atoms with van der Waals surface area (Å²) < 4.78 is 51.8. The van der Waals surface area contributed by atoms with E-state index < -0.39 is 20.0 Å². The van der Waals surface area contributed by atoms with Crippen LogP contribution < -0.4 is 20.9 Å². The molecule has 2 amide bonds. The van der Waals surface area contributed by atoms with Gasteiger partial charge in [-0.15, -0.1) is 11.3 Å². The van der Waals surface area contributed by atoms with Crippen molar-refractivity contribution in [2.75, 3.05) is 10.6 Å². The number of hydrogen-bond acceptors (Lipinski definition) is 10. The minimum absolute atomic E-state index is 0.0681. The fourth-order valence-corrected chi connectivity index (χ4v) is 8.05. The van der Waals surface area contributed by atoms with Gasteiger partial charge in [-0.25, -0.2) is 36.5 Å². The third-order valence-corrected chi connectivity index (χ3v) is 11.2. The van der Waals surface area contributed by atoms with Crippen LogP contribution in [-0.2, 0) is 42.5 Å². The third-order valence-electron chi connectivity index (χ3n) is 7.17. The lowest BCUT2D eigenvalue weighted by Gasteiger charge is -2.11. The number of primary sulfonamides is 2. The summed E-state index contributed by atoms with van der Waals surface area (Å²) in [5.41, 5.74) is 3.49. The van der Waals surface area contributed by atoms with Gasteiger partial charge in [-0.2, -0.15) is 0 Å². The summed E-state index contributed by atoms with van der Waals surface area (Å²) in [5, 5.41) is 21.0. The molecule has 0 fully saturated rings. The van der Waals surface area contributed by atoms with Crippen molar-refractivity contribution in [2.24, 2.45) is 10.3 Å². The minimum Gasteiger partial charge on any atom is -0.326 e. The highest BCUT2D eigenvalue weighted by Crippen LogP contribution is 2.32. The monoisotopic (exact) mass is 814 g/mol. The Hall–Kier alpha value is -4.52. The Morgan fingerprint density at radius 2 is 1.21 bits per heavy atom. The van der Waals surface area contributed by atoms with E-state index in [2.05, 4.69) is 20.0 Å². The van der Waals surface area contributed by atoms with E-state index in [1.807, 2.05) is 0 Å². The quantitative estimate of drug-likeness (QED) is 0.119. The van der Waals surface area contributed by atoms with E-state index in [1.54, 1.807) is 96.0 Å². The molecular formula is C34H28Cl2N6O6S4. The smallest absolute Gasteiger partial charge is 0.238 e. The molecule has 6 rings (SSSR count). The van der Waals surface area contributed by atoms with Crippen molar-refractivity contribution in [3.8, 4) is 21.7 Å². The second-order valence-corrected chi connectivity index (χ2v) is 16.3. The zero-order valence-electron chi connectivity index (χ0n) is 26.7. The van der Waals surface area contributed by atoms with Gasteiger partial charge in [0, 0.05) is 61.3 Å². The van der Waals surface area contributed by atoms with Gasteiger partial charge in [0.1, 0.15) is 5.01 Å². The van der Waals surface area contributed by atoms with Gasteiger partial charge in [0.2, 0.25) is 31.9 Å². The van der Waals surface area contributed by atoms with Gasteiger partial charge in [0.05, 0.1) is 22.6 Å². The summed E-state index contributed by atoms with van der Waals surface area (Å²) in [6.45, 7) is 0. The Morgan fingerprint density at radius 1 is 0.712 bits per heavy atom. The van der Waals surface area contributed by atoms with Gasteiger partial charge in [-0.3, -0.25) is 9.59 Å². The third kappa shape index (κ3) is 10.3. The Morgan fingerprint density at radius 3 is 1.65 bits per heavy atom. The van der Waals surface area contributed by atoms with Crippen LogP contribution in [0.2, 0.25) is 10.0 Å². The van der Waals surface area contributed by atoms with Crippen LogP contribution in [0.4, 0.5) is 11.4 Å². The largest absolute Gasteiger partial charge is 0.326 e. The second kappa shape index (κ2) is 16.9. The molecule has 0 radical (unpaired) electrons. The number of nitrogens with one attached hydrogen (secondary N) is 2. The molecule has 2 aromatic heterocycles. The number of thiazole rings is 1. The topological polar surface area (TPSA) is 204 Å². The molecule has 0 aliphatic rings. The molecular weight excluding hydrogens is 788 g/mol. The highest BCUT2D eigenvalue weighted by atomic mass is 35.5. The Balaban J connectivity index is 0.000000201. The van der Waals surface area contributed by atoms with E-state index in [1.165, 1.54) is 35.0 Å². The Bertz CT molecular complexity index is 2270. The highest BCUT2D eigenvalue weighted by molar-refractivity contribution is 7.89. The lowest BCUT2D eigenvalue weighted by Crippen LogP contribution is -2.17. The second-order valence-electron chi connectivity index (χ2n) is 10.9. The number of benzene rings is 4. The number of anilines is 2. The number of nitrogens with two attached hydrogens (primary N) is 2. The fraction of sp³-hybridized carbons (Fsp3) is 0.0588. The summed E-state index contributed by atoms with van der Waals surface area (Å²) in [6, 6.07) is 23.1. The molecule has 0 atom stereocenters. The van der Waals surface area contributed by atoms with E-state index in [9.17, 15) is 26.4 Å². The zero-order chi connectivity index (χ0) is 37.5. The van der Waals surface area contributed by atoms with E-state index in [0.29, 0.717) is 54.2 Å². The first-order valence-corrected chi connectivity index (χ1v) is 20.5. The minimum atomic E-state index is -3.99. The predicted molar refractivity (Wildman–Crippen MR) is 205 cm³/mol. The summed E-state index contributed by atoms with van der Waals surface area (Å²) in [5.74, 6) is -0.635. The summed E-state index contributed by atoms with van der Waals surface area (Å²) in [6.07, 6.45) is 3.27. The Labute approximate surface area is 317 Å². The first-order valence-electron chi connectivity index (χ1n) is 14.9. The number of halogens is 2. The molecule has 0 saturated heterocycles. The molecule has 12 nitrogen and oxygen atoms in total. The van der Waals surface area contributed by atoms with E-state index in [-0.39, 0.29) is 34.4 Å². The van der Waals surface area contributed by atoms with Crippen molar-refractivity contribution in [1.82, 2.24) is 9.36 Å². The van der Waals surface area contributed by atoms with Crippen molar-refractivity contribution >= 4 is 89.3 Å². The number of sulfonamides is 2. The number of rotatable bonds is 10. The van der Waals surface area contributed by atoms with Crippen molar-refractivity contribution in [1.29, 1.82) is 0 Å². The number of aromatic nitrogens is 2. The van der Waals surface area contributed by atoms with Crippen LogP contribution in [0.5, 0.6) is 0 Å². The molecule has 4 aromatic carbocycles. The number of carbonyl (C=O) groups excluding carboxylic acids is 2. The first-order chi connectivity index (χ1) is 24.7. The summed E-state index contributed by atoms with van der Waals surface area (Å²) in [7, 11) is -7.97. The van der Waals surface area contributed by atoms with E-state index in [4.69, 9.17) is 33.5 Å². The molecule has 6 N–H and O–H groups in total. The maximum absolute atomic E-state index is 12.2. The van der Waals surface area contributed by atoms with E-state index >= 15 is 0 Å². The van der Waals surface area contributed by atoms with Crippen molar-refractivity contribution in [3.63, 3.8) is 0 Å². The molecule has 0 unspecified atom stereocenters. The molecule has 18 heteroatoms. The van der Waals surface area contributed by atoms with Gasteiger partial charge in [-0.1, -0.05) is 65.7 Å². The molecule has 6 aromatic rings. The number of hydrogen-bond donors (Lipinski definition) is 4. The average Bonchev–Trinajstić information content (AvgIpc) is 3.82.